The maximum atomic E-state index is 10.0. The summed E-state index contributed by atoms with van der Waals surface area (Å²) in [6.07, 6.45) is 11.8. The van der Waals surface area contributed by atoms with Gasteiger partial charge in [-0.1, -0.05) is 92.9 Å². The average Bonchev–Trinajstić information content (AvgIpc) is 2.45. The summed E-state index contributed by atoms with van der Waals surface area (Å²) in [6, 6.07) is 0. The highest BCUT2D eigenvalue weighted by molar-refractivity contribution is 5.66. The van der Waals surface area contributed by atoms with Crippen LogP contribution in [0.2, 0.25) is 0 Å². The van der Waals surface area contributed by atoms with E-state index >= 15 is 0 Å². The van der Waals surface area contributed by atoms with E-state index in [2.05, 4.69) is 41.5 Å². The summed E-state index contributed by atoms with van der Waals surface area (Å²) in [7, 11) is 0. The van der Waals surface area contributed by atoms with Crippen LogP contribution in [0.15, 0.2) is 0 Å². The molecule has 0 amide bonds. The Balaban J connectivity index is -0.000000308. The van der Waals surface area contributed by atoms with Crippen LogP contribution in [0.4, 0.5) is 0 Å². The number of carbonyl (C=O) groups is 2. The maximum absolute atomic E-state index is 10.0. The van der Waals surface area contributed by atoms with Crippen molar-refractivity contribution in [2.45, 2.75) is 119 Å². The van der Waals surface area contributed by atoms with Crippen LogP contribution in [0.5, 0.6) is 0 Å². The summed E-state index contributed by atoms with van der Waals surface area (Å²) < 4.78 is 0. The van der Waals surface area contributed by atoms with Gasteiger partial charge in [-0.3, -0.25) is 9.59 Å². The van der Waals surface area contributed by atoms with Crippen LogP contribution in [0.25, 0.3) is 0 Å². The third kappa shape index (κ3) is 60.1. The van der Waals surface area contributed by atoms with Crippen molar-refractivity contribution in [2.24, 2.45) is 5.41 Å². The predicted octanol–water partition coefficient (Wildman–Crippen LogP) is 6.92. The van der Waals surface area contributed by atoms with E-state index in [1.54, 1.807) is 0 Å². The highest BCUT2D eigenvalue weighted by atomic mass is 16.4. The molecule has 0 radical (unpaired) electrons. The van der Waals surface area contributed by atoms with Crippen LogP contribution in [0, 0.1) is 5.41 Å². The molecule has 0 aromatic carbocycles. The number of carboxylic acids is 2. The van der Waals surface area contributed by atoms with Crippen molar-refractivity contribution in [3.8, 4) is 0 Å². The Bertz CT molecular complexity index is 263. The lowest BCUT2D eigenvalue weighted by atomic mass is 10.0. The lowest BCUT2D eigenvalue weighted by Crippen LogP contribution is -1.93. The fourth-order valence-corrected chi connectivity index (χ4v) is 1.76. The molecule has 0 saturated heterocycles. The van der Waals surface area contributed by atoms with Crippen molar-refractivity contribution in [3.63, 3.8) is 0 Å². The van der Waals surface area contributed by atoms with E-state index in [1.807, 2.05) is 0 Å². The topological polar surface area (TPSA) is 74.6 Å². The van der Waals surface area contributed by atoms with Crippen molar-refractivity contribution in [1.82, 2.24) is 0 Å². The molecule has 4 heteroatoms. The van der Waals surface area contributed by atoms with Gasteiger partial charge in [-0.2, -0.15) is 0 Å². The Hall–Kier alpha value is -1.06. The minimum absolute atomic E-state index is 0.337. The Morgan fingerprint density at radius 1 is 0.600 bits per heavy atom. The standard InChI is InChI=1S/2C8H16O2.C5H12/c2*1-2-3-4-5-6-7-8(9)10;1-5(2,3)4/h2*2-7H2,1H3,(H,9,10);1-4H3. The number of unbranched alkanes of at least 4 members (excludes halogenated alkanes) is 8. The fraction of sp³-hybridized carbons (Fsp3) is 0.905. The molecule has 0 unspecified atom stereocenters. The van der Waals surface area contributed by atoms with Gasteiger partial charge >= 0.3 is 11.9 Å². The van der Waals surface area contributed by atoms with Crippen LogP contribution >= 0.6 is 0 Å². The zero-order valence-electron chi connectivity index (χ0n) is 17.7. The molecule has 0 fully saturated rings. The molecule has 0 bridgehead atoms. The Kier molecular flexibility index (Phi) is 24.1. The van der Waals surface area contributed by atoms with Crippen LogP contribution in [-0.4, -0.2) is 22.2 Å². The van der Waals surface area contributed by atoms with Gasteiger partial charge in [0.2, 0.25) is 0 Å². The fourth-order valence-electron chi connectivity index (χ4n) is 1.76. The third-order valence-corrected chi connectivity index (χ3v) is 2.99. The van der Waals surface area contributed by atoms with E-state index in [9.17, 15) is 9.59 Å². The minimum atomic E-state index is -0.670. The molecule has 0 aromatic rings. The van der Waals surface area contributed by atoms with Gasteiger partial charge in [-0.15, -0.1) is 0 Å². The molecule has 0 aliphatic heterocycles. The summed E-state index contributed by atoms with van der Waals surface area (Å²) in [5.74, 6) is -1.34. The van der Waals surface area contributed by atoms with E-state index < -0.39 is 11.9 Å². The Morgan fingerprint density at radius 3 is 1.04 bits per heavy atom. The molecule has 0 aliphatic carbocycles. The zero-order valence-corrected chi connectivity index (χ0v) is 17.7. The molecule has 0 rings (SSSR count). The first kappa shape index (κ1) is 28.7. The molecular formula is C21H44O4. The molecule has 0 spiro atoms. The molecule has 2 N–H and O–H groups in total. The van der Waals surface area contributed by atoms with Gasteiger partial charge in [0, 0.05) is 12.8 Å². The highest BCUT2D eigenvalue weighted by Gasteiger charge is 1.96. The summed E-state index contributed by atoms with van der Waals surface area (Å²) in [4.78, 5) is 20.1. The molecule has 0 heterocycles. The Morgan fingerprint density at radius 2 is 0.840 bits per heavy atom. The summed E-state index contributed by atoms with van der Waals surface area (Å²) in [5.41, 5.74) is 0.500. The second-order valence-corrected chi connectivity index (χ2v) is 8.12. The van der Waals surface area contributed by atoms with Crippen molar-refractivity contribution in [1.29, 1.82) is 0 Å². The zero-order chi connectivity index (χ0) is 20.1. The summed E-state index contributed by atoms with van der Waals surface area (Å²) in [6.45, 7) is 13.0. The van der Waals surface area contributed by atoms with Gasteiger partial charge in [0.05, 0.1) is 0 Å². The number of carboxylic acid groups (broad SMARTS) is 2. The highest BCUT2D eigenvalue weighted by Crippen LogP contribution is 2.08. The second kappa shape index (κ2) is 21.0. The quantitative estimate of drug-likeness (QED) is 0.370. The lowest BCUT2D eigenvalue weighted by molar-refractivity contribution is -0.138. The Labute approximate surface area is 156 Å². The van der Waals surface area contributed by atoms with Crippen LogP contribution in [-0.2, 0) is 9.59 Å². The van der Waals surface area contributed by atoms with Crippen molar-refractivity contribution >= 4 is 11.9 Å². The van der Waals surface area contributed by atoms with Crippen molar-refractivity contribution < 1.29 is 19.8 Å². The first-order valence-electron chi connectivity index (χ1n) is 9.98. The first-order valence-corrected chi connectivity index (χ1v) is 9.98. The first-order chi connectivity index (χ1) is 11.5. The van der Waals surface area contributed by atoms with Crippen LogP contribution in [0.1, 0.15) is 119 Å². The van der Waals surface area contributed by atoms with E-state index in [1.165, 1.54) is 38.5 Å². The average molecular weight is 361 g/mol. The van der Waals surface area contributed by atoms with Crippen molar-refractivity contribution in [3.05, 3.63) is 0 Å². The molecule has 25 heavy (non-hydrogen) atoms. The van der Waals surface area contributed by atoms with Crippen molar-refractivity contribution in [2.75, 3.05) is 0 Å². The van der Waals surface area contributed by atoms with E-state index in [4.69, 9.17) is 10.2 Å². The predicted molar refractivity (Wildman–Crippen MR) is 107 cm³/mol. The maximum Gasteiger partial charge on any atom is 0.303 e. The summed E-state index contributed by atoms with van der Waals surface area (Å²) in [5, 5.41) is 16.5. The van der Waals surface area contributed by atoms with Gasteiger partial charge < -0.3 is 10.2 Å². The second-order valence-electron chi connectivity index (χ2n) is 8.12. The number of hydrogen-bond acceptors (Lipinski definition) is 2. The van der Waals surface area contributed by atoms with Crippen LogP contribution in [0.3, 0.4) is 0 Å². The lowest BCUT2D eigenvalue weighted by Gasteiger charge is -2.05. The molecule has 0 saturated carbocycles. The van der Waals surface area contributed by atoms with Gasteiger partial charge in [0.15, 0.2) is 0 Å². The van der Waals surface area contributed by atoms with Crippen LogP contribution < -0.4 is 0 Å². The molecule has 4 nitrogen and oxygen atoms in total. The number of aliphatic carboxylic acids is 2. The van der Waals surface area contributed by atoms with Gasteiger partial charge in [0.25, 0.3) is 0 Å². The third-order valence-electron chi connectivity index (χ3n) is 2.99. The monoisotopic (exact) mass is 360 g/mol. The molecule has 152 valence electrons. The normalized spacial score (nSPS) is 10.2. The van der Waals surface area contributed by atoms with Gasteiger partial charge in [-0.25, -0.2) is 0 Å². The molecule has 0 aromatic heterocycles. The minimum Gasteiger partial charge on any atom is -0.481 e. The molecule has 0 aliphatic rings. The van der Waals surface area contributed by atoms with E-state index in [-0.39, 0.29) is 0 Å². The summed E-state index contributed by atoms with van der Waals surface area (Å²) >= 11 is 0. The van der Waals surface area contributed by atoms with E-state index in [0.29, 0.717) is 18.3 Å². The largest absolute Gasteiger partial charge is 0.481 e. The number of rotatable bonds is 12. The number of hydrogen-bond donors (Lipinski definition) is 2. The SMILES string of the molecule is CC(C)(C)C.CCCCCCCC(=O)O.CCCCCCCC(=O)O. The molecular weight excluding hydrogens is 316 g/mol. The smallest absolute Gasteiger partial charge is 0.303 e. The van der Waals surface area contributed by atoms with Gasteiger partial charge in [-0.05, 0) is 18.3 Å². The molecule has 0 atom stereocenters. The van der Waals surface area contributed by atoms with E-state index in [0.717, 1.165) is 25.7 Å². The van der Waals surface area contributed by atoms with Gasteiger partial charge in [0.1, 0.15) is 0 Å².